The van der Waals surface area contributed by atoms with E-state index in [4.69, 9.17) is 0 Å². The van der Waals surface area contributed by atoms with Crippen molar-refractivity contribution >= 4 is 38.8 Å². The number of benzene rings is 1. The Morgan fingerprint density at radius 1 is 1.31 bits per heavy atom. The molecule has 5 rings (SSSR count). The second-order valence-electron chi connectivity index (χ2n) is 6.37. The summed E-state index contributed by atoms with van der Waals surface area (Å²) in [7, 11) is 0. The molecule has 1 aliphatic heterocycles. The Morgan fingerprint density at radius 2 is 2.23 bits per heavy atom. The molecule has 130 valence electrons. The molecule has 8 heteroatoms. The maximum Gasteiger partial charge on any atom is 0.261 e. The summed E-state index contributed by atoms with van der Waals surface area (Å²) in [5, 5.41) is 12.3. The maximum atomic E-state index is 12.6. The number of carbonyl (C=O) groups is 1. The molecule has 1 aliphatic rings. The van der Waals surface area contributed by atoms with Crippen molar-refractivity contribution in [3.63, 3.8) is 0 Å². The first-order valence-corrected chi connectivity index (χ1v) is 9.28. The van der Waals surface area contributed by atoms with Crippen molar-refractivity contribution in [2.75, 3.05) is 18.0 Å². The summed E-state index contributed by atoms with van der Waals surface area (Å²) in [6.45, 7) is 1.55. The first-order valence-electron chi connectivity index (χ1n) is 8.47. The Morgan fingerprint density at radius 3 is 3.15 bits per heavy atom. The molecule has 1 atom stereocenters. The molecule has 4 aromatic rings. The van der Waals surface area contributed by atoms with Gasteiger partial charge < -0.3 is 10.2 Å². The normalized spacial score (nSPS) is 17.2. The zero-order chi connectivity index (χ0) is 17.5. The average Bonchev–Trinajstić information content (AvgIpc) is 3.39. The zero-order valence-electron chi connectivity index (χ0n) is 13.9. The first kappa shape index (κ1) is 15.3. The van der Waals surface area contributed by atoms with Crippen molar-refractivity contribution in [1.82, 2.24) is 24.9 Å². The summed E-state index contributed by atoms with van der Waals surface area (Å²) >= 11 is 1.53. The largest absolute Gasteiger partial charge is 0.351 e. The van der Waals surface area contributed by atoms with E-state index in [0.29, 0.717) is 0 Å². The third-order valence-corrected chi connectivity index (χ3v) is 5.78. The van der Waals surface area contributed by atoms with Gasteiger partial charge in [0.15, 0.2) is 5.82 Å². The zero-order valence-corrected chi connectivity index (χ0v) is 14.7. The summed E-state index contributed by atoms with van der Waals surface area (Å²) < 4.78 is 2.99. The topological polar surface area (TPSA) is 75.4 Å². The molecule has 0 spiro atoms. The Labute approximate surface area is 153 Å². The fraction of sp³-hybridized carbons (Fsp3) is 0.222. The smallest absolute Gasteiger partial charge is 0.261 e. The van der Waals surface area contributed by atoms with Gasteiger partial charge in [0.05, 0.1) is 4.88 Å². The van der Waals surface area contributed by atoms with Gasteiger partial charge in [-0.1, -0.05) is 18.2 Å². The van der Waals surface area contributed by atoms with Gasteiger partial charge in [0.1, 0.15) is 6.33 Å². The molecule has 1 amide bonds. The van der Waals surface area contributed by atoms with Crippen molar-refractivity contribution < 1.29 is 4.79 Å². The van der Waals surface area contributed by atoms with Gasteiger partial charge in [-0.2, -0.15) is 0 Å². The standard InChI is InChI=1S/C18H16N6OS/c25-18(15-9-12-3-1-2-4-14(12)26-15)21-13-5-7-23(10-13)16-17-22-20-11-24(17)8-6-19-16/h1-4,6,8-9,11,13H,5,7,10H2,(H,21,25)/t13-/m0/s1. The van der Waals surface area contributed by atoms with E-state index in [2.05, 4.69) is 25.4 Å². The summed E-state index contributed by atoms with van der Waals surface area (Å²) in [4.78, 5) is 20.0. The van der Waals surface area contributed by atoms with Crippen LogP contribution in [0.5, 0.6) is 0 Å². The van der Waals surface area contributed by atoms with E-state index in [1.807, 2.05) is 40.9 Å². The minimum Gasteiger partial charge on any atom is -0.351 e. The van der Waals surface area contributed by atoms with E-state index in [1.54, 1.807) is 12.5 Å². The number of fused-ring (bicyclic) bond motifs is 2. The van der Waals surface area contributed by atoms with Crippen LogP contribution in [0.2, 0.25) is 0 Å². The number of hydrogen-bond donors (Lipinski definition) is 1. The Hall–Kier alpha value is -3.00. The number of amides is 1. The lowest BCUT2D eigenvalue weighted by atomic mass is 10.2. The van der Waals surface area contributed by atoms with Gasteiger partial charge >= 0.3 is 0 Å². The lowest BCUT2D eigenvalue weighted by molar-refractivity contribution is 0.0944. The van der Waals surface area contributed by atoms with E-state index >= 15 is 0 Å². The number of anilines is 1. The highest BCUT2D eigenvalue weighted by Gasteiger charge is 2.27. The molecule has 1 fully saturated rings. The van der Waals surface area contributed by atoms with Crippen LogP contribution in [0.15, 0.2) is 49.1 Å². The quantitative estimate of drug-likeness (QED) is 0.604. The second kappa shape index (κ2) is 6.06. The number of nitrogens with zero attached hydrogens (tertiary/aromatic N) is 5. The minimum absolute atomic E-state index is 0.00769. The van der Waals surface area contributed by atoms with Crippen molar-refractivity contribution in [2.24, 2.45) is 0 Å². The van der Waals surface area contributed by atoms with Crippen LogP contribution in [0.1, 0.15) is 16.1 Å². The highest BCUT2D eigenvalue weighted by Crippen LogP contribution is 2.26. The molecule has 1 N–H and O–H groups in total. The fourth-order valence-corrected chi connectivity index (χ4v) is 4.35. The van der Waals surface area contributed by atoms with Gasteiger partial charge in [-0.15, -0.1) is 21.5 Å². The average molecular weight is 364 g/mol. The second-order valence-corrected chi connectivity index (χ2v) is 7.45. The molecule has 0 bridgehead atoms. The van der Waals surface area contributed by atoms with Gasteiger partial charge in [-0.25, -0.2) is 4.98 Å². The first-order chi connectivity index (χ1) is 12.8. The number of nitrogens with one attached hydrogen (secondary N) is 1. The van der Waals surface area contributed by atoms with E-state index in [-0.39, 0.29) is 11.9 Å². The van der Waals surface area contributed by atoms with Crippen LogP contribution in [0, 0.1) is 0 Å². The monoisotopic (exact) mass is 364 g/mol. The van der Waals surface area contributed by atoms with E-state index in [9.17, 15) is 4.79 Å². The predicted octanol–water partition coefficient (Wildman–Crippen LogP) is 2.35. The molecule has 1 aromatic carbocycles. The Bertz CT molecular complexity index is 1070. The van der Waals surface area contributed by atoms with Crippen molar-refractivity contribution in [3.8, 4) is 0 Å². The van der Waals surface area contributed by atoms with Crippen LogP contribution in [-0.2, 0) is 0 Å². The SMILES string of the molecule is O=C(N[C@H]1CCN(c2nccn3cnnc23)C1)c1cc2ccccc2s1. The van der Waals surface area contributed by atoms with Gasteiger partial charge in [0, 0.05) is 36.2 Å². The lowest BCUT2D eigenvalue weighted by Crippen LogP contribution is -2.37. The number of hydrogen-bond acceptors (Lipinski definition) is 6. The predicted molar refractivity (Wildman–Crippen MR) is 101 cm³/mol. The number of thiophene rings is 1. The summed E-state index contributed by atoms with van der Waals surface area (Å²) in [5.41, 5.74) is 0.740. The third-order valence-electron chi connectivity index (χ3n) is 4.67. The summed E-state index contributed by atoms with van der Waals surface area (Å²) in [6.07, 6.45) is 6.12. The van der Waals surface area contributed by atoms with E-state index in [1.165, 1.54) is 11.3 Å². The van der Waals surface area contributed by atoms with Crippen molar-refractivity contribution in [1.29, 1.82) is 0 Å². The van der Waals surface area contributed by atoms with E-state index < -0.39 is 0 Å². The maximum absolute atomic E-state index is 12.6. The van der Waals surface area contributed by atoms with Crippen LogP contribution < -0.4 is 10.2 Å². The van der Waals surface area contributed by atoms with Crippen LogP contribution >= 0.6 is 11.3 Å². The van der Waals surface area contributed by atoms with Gasteiger partial charge in [0.25, 0.3) is 5.91 Å². The molecule has 1 saturated heterocycles. The molecule has 3 aromatic heterocycles. The third kappa shape index (κ3) is 2.59. The van der Waals surface area contributed by atoms with Crippen LogP contribution in [-0.4, -0.2) is 44.6 Å². The molecule has 26 heavy (non-hydrogen) atoms. The lowest BCUT2D eigenvalue weighted by Gasteiger charge is -2.17. The fourth-order valence-electron chi connectivity index (χ4n) is 3.39. The molecule has 0 saturated carbocycles. The van der Waals surface area contributed by atoms with Gasteiger partial charge in [-0.3, -0.25) is 9.20 Å². The Balaban J connectivity index is 1.31. The van der Waals surface area contributed by atoms with Crippen LogP contribution in [0.3, 0.4) is 0 Å². The van der Waals surface area contributed by atoms with Crippen LogP contribution in [0.25, 0.3) is 15.7 Å². The molecular weight excluding hydrogens is 348 g/mol. The van der Waals surface area contributed by atoms with Gasteiger partial charge in [-0.05, 0) is 23.9 Å². The highest BCUT2D eigenvalue weighted by molar-refractivity contribution is 7.20. The minimum atomic E-state index is -0.00769. The van der Waals surface area contributed by atoms with Gasteiger partial charge in [0.2, 0.25) is 5.65 Å². The molecule has 0 aliphatic carbocycles. The molecule has 0 unspecified atom stereocenters. The van der Waals surface area contributed by atoms with E-state index in [0.717, 1.165) is 45.9 Å². The van der Waals surface area contributed by atoms with Crippen molar-refractivity contribution in [2.45, 2.75) is 12.5 Å². The molecule has 4 heterocycles. The highest BCUT2D eigenvalue weighted by atomic mass is 32.1. The molecular formula is C18H16N6OS. The number of aromatic nitrogens is 4. The summed E-state index contributed by atoms with van der Waals surface area (Å²) in [5.74, 6) is 0.801. The number of rotatable bonds is 3. The van der Waals surface area contributed by atoms with Crippen molar-refractivity contribution in [3.05, 3.63) is 53.9 Å². The molecule has 0 radical (unpaired) electrons. The van der Waals surface area contributed by atoms with Crippen LogP contribution in [0.4, 0.5) is 5.82 Å². The number of carbonyl (C=O) groups excluding carboxylic acids is 1. The molecule has 7 nitrogen and oxygen atoms in total. The summed E-state index contributed by atoms with van der Waals surface area (Å²) in [6, 6.07) is 10.1. The Kier molecular flexibility index (Phi) is 3.56.